The molecule has 0 radical (unpaired) electrons. The van der Waals surface area contributed by atoms with E-state index in [1.54, 1.807) is 0 Å². The third kappa shape index (κ3) is 4.33. The van der Waals surface area contributed by atoms with Gasteiger partial charge in [0.25, 0.3) is 0 Å². The first-order chi connectivity index (χ1) is 10.3. The number of ether oxygens (including phenoxy) is 1. The van der Waals surface area contributed by atoms with Gasteiger partial charge in [-0.2, -0.15) is 0 Å². The number of halogens is 1. The molecule has 1 aliphatic rings. The minimum atomic E-state index is 0. The molecule has 0 aromatic heterocycles. The van der Waals surface area contributed by atoms with E-state index in [0.717, 1.165) is 26.1 Å². The third-order valence-corrected chi connectivity index (χ3v) is 4.27. The van der Waals surface area contributed by atoms with Gasteiger partial charge in [-0.1, -0.05) is 60.7 Å². The fourth-order valence-electron chi connectivity index (χ4n) is 3.02. The molecule has 118 valence electrons. The highest BCUT2D eigenvalue weighted by Gasteiger charge is 2.25. The molecule has 1 heterocycles. The van der Waals surface area contributed by atoms with Crippen LogP contribution in [0, 0.1) is 0 Å². The van der Waals surface area contributed by atoms with E-state index in [9.17, 15) is 0 Å². The van der Waals surface area contributed by atoms with Gasteiger partial charge in [0.2, 0.25) is 0 Å². The Bertz CT molecular complexity index is 546. The van der Waals surface area contributed by atoms with Crippen LogP contribution < -0.4 is 0 Å². The first-order valence-electron chi connectivity index (χ1n) is 7.77. The Labute approximate surface area is 139 Å². The monoisotopic (exact) mass is 317 g/mol. The van der Waals surface area contributed by atoms with E-state index in [1.807, 2.05) is 0 Å². The van der Waals surface area contributed by atoms with E-state index in [4.69, 9.17) is 4.74 Å². The molecule has 3 rings (SSSR count). The zero-order valence-corrected chi connectivity index (χ0v) is 13.8. The highest BCUT2D eigenvalue weighted by molar-refractivity contribution is 5.85. The van der Waals surface area contributed by atoms with Crippen molar-refractivity contribution in [2.45, 2.75) is 25.5 Å². The van der Waals surface area contributed by atoms with Crippen molar-refractivity contribution >= 4 is 12.4 Å². The lowest BCUT2D eigenvalue weighted by molar-refractivity contribution is -0.0424. The van der Waals surface area contributed by atoms with Crippen molar-refractivity contribution in [3.8, 4) is 0 Å². The number of nitrogens with zero attached hydrogens (tertiary/aromatic N) is 1. The summed E-state index contributed by atoms with van der Waals surface area (Å²) in [6.07, 6.45) is 1.31. The van der Waals surface area contributed by atoms with E-state index < -0.39 is 0 Å². The van der Waals surface area contributed by atoms with Crippen LogP contribution in [-0.2, 0) is 11.2 Å². The number of morpholine rings is 1. The predicted molar refractivity (Wildman–Crippen MR) is 93.6 cm³/mol. The van der Waals surface area contributed by atoms with Gasteiger partial charge in [-0.15, -0.1) is 12.4 Å². The smallest absolute Gasteiger partial charge is 0.0952 e. The lowest BCUT2D eigenvalue weighted by Crippen LogP contribution is -2.44. The second-order valence-corrected chi connectivity index (χ2v) is 5.80. The summed E-state index contributed by atoms with van der Waals surface area (Å²) in [5.74, 6) is 0. The zero-order valence-electron chi connectivity index (χ0n) is 13.0. The molecule has 0 saturated carbocycles. The van der Waals surface area contributed by atoms with Crippen molar-refractivity contribution in [3.63, 3.8) is 0 Å². The first-order valence-corrected chi connectivity index (χ1v) is 7.77. The Morgan fingerprint density at radius 1 is 1.05 bits per heavy atom. The van der Waals surface area contributed by atoms with Crippen molar-refractivity contribution in [1.82, 2.24) is 4.90 Å². The van der Waals surface area contributed by atoms with Gasteiger partial charge < -0.3 is 4.74 Å². The standard InChI is InChI=1S/C19H23NO.ClH/c1-16(14-17-8-4-2-5-9-17)20-12-13-21-19(15-20)18-10-6-3-7-11-18;/h2-11,16,19H,12-15H2,1H3;1H. The molecule has 3 heteroatoms. The average Bonchev–Trinajstić information content (AvgIpc) is 2.57. The van der Waals surface area contributed by atoms with E-state index in [1.165, 1.54) is 11.1 Å². The number of benzene rings is 2. The highest BCUT2D eigenvalue weighted by Crippen LogP contribution is 2.23. The molecular weight excluding hydrogens is 294 g/mol. The van der Waals surface area contributed by atoms with Gasteiger partial charge in [0.05, 0.1) is 12.7 Å². The molecule has 2 aromatic rings. The summed E-state index contributed by atoms with van der Waals surface area (Å²) in [4.78, 5) is 2.55. The summed E-state index contributed by atoms with van der Waals surface area (Å²) in [5.41, 5.74) is 2.70. The molecule has 0 bridgehead atoms. The van der Waals surface area contributed by atoms with Crippen molar-refractivity contribution in [3.05, 3.63) is 71.8 Å². The maximum atomic E-state index is 5.95. The summed E-state index contributed by atoms with van der Waals surface area (Å²) in [6, 6.07) is 21.8. The molecule has 1 saturated heterocycles. The van der Waals surface area contributed by atoms with Crippen LogP contribution in [0.2, 0.25) is 0 Å². The van der Waals surface area contributed by atoms with Crippen molar-refractivity contribution < 1.29 is 4.74 Å². The maximum absolute atomic E-state index is 5.95. The second kappa shape index (κ2) is 8.33. The second-order valence-electron chi connectivity index (χ2n) is 5.80. The Hall–Kier alpha value is -1.35. The summed E-state index contributed by atoms with van der Waals surface area (Å²) in [7, 11) is 0. The van der Waals surface area contributed by atoms with Crippen molar-refractivity contribution in [1.29, 1.82) is 0 Å². The minimum Gasteiger partial charge on any atom is -0.371 e. The van der Waals surface area contributed by atoms with Crippen LogP contribution in [0.15, 0.2) is 60.7 Å². The van der Waals surface area contributed by atoms with Crippen molar-refractivity contribution in [2.75, 3.05) is 19.7 Å². The summed E-state index contributed by atoms with van der Waals surface area (Å²) in [5, 5.41) is 0. The SMILES string of the molecule is CC(Cc1ccccc1)N1CCOC(c2ccccc2)C1.Cl. The third-order valence-electron chi connectivity index (χ3n) is 4.27. The Morgan fingerprint density at radius 2 is 1.68 bits per heavy atom. The molecule has 2 nitrogen and oxygen atoms in total. The van der Waals surface area contributed by atoms with Gasteiger partial charge in [0, 0.05) is 19.1 Å². The number of hydrogen-bond donors (Lipinski definition) is 0. The summed E-state index contributed by atoms with van der Waals surface area (Å²) >= 11 is 0. The first kappa shape index (κ1) is 17.0. The Kier molecular flexibility index (Phi) is 6.44. The van der Waals surface area contributed by atoms with Gasteiger partial charge in [0.1, 0.15) is 0 Å². The van der Waals surface area contributed by atoms with Crippen LogP contribution in [0.1, 0.15) is 24.2 Å². The normalized spacial score (nSPS) is 20.1. The molecule has 0 amide bonds. The Morgan fingerprint density at radius 3 is 2.36 bits per heavy atom. The quantitative estimate of drug-likeness (QED) is 0.841. The average molecular weight is 318 g/mol. The summed E-state index contributed by atoms with van der Waals surface area (Å²) < 4.78 is 5.95. The van der Waals surface area contributed by atoms with Crippen LogP contribution in [0.25, 0.3) is 0 Å². The molecule has 22 heavy (non-hydrogen) atoms. The molecule has 0 aliphatic carbocycles. The zero-order chi connectivity index (χ0) is 14.5. The van der Waals surface area contributed by atoms with Crippen molar-refractivity contribution in [2.24, 2.45) is 0 Å². The lowest BCUT2D eigenvalue weighted by atomic mass is 10.0. The van der Waals surface area contributed by atoms with Gasteiger partial charge in [0.15, 0.2) is 0 Å². The molecule has 0 spiro atoms. The van der Waals surface area contributed by atoms with E-state index >= 15 is 0 Å². The lowest BCUT2D eigenvalue weighted by Gasteiger charge is -2.37. The maximum Gasteiger partial charge on any atom is 0.0952 e. The van der Waals surface area contributed by atoms with Crippen LogP contribution >= 0.6 is 12.4 Å². The fourth-order valence-corrected chi connectivity index (χ4v) is 3.02. The molecule has 1 aliphatic heterocycles. The van der Waals surface area contributed by atoms with Gasteiger partial charge in [-0.05, 0) is 24.5 Å². The van der Waals surface area contributed by atoms with Gasteiger partial charge in [-0.25, -0.2) is 0 Å². The molecule has 2 atom stereocenters. The summed E-state index contributed by atoms with van der Waals surface area (Å²) in [6.45, 7) is 5.15. The topological polar surface area (TPSA) is 12.5 Å². The predicted octanol–water partition coefficient (Wildman–Crippen LogP) is 4.11. The molecule has 2 unspecified atom stereocenters. The number of hydrogen-bond acceptors (Lipinski definition) is 2. The van der Waals surface area contributed by atoms with Crippen LogP contribution in [0.3, 0.4) is 0 Å². The van der Waals surface area contributed by atoms with Crippen LogP contribution in [0.5, 0.6) is 0 Å². The minimum absolute atomic E-state index is 0. The largest absolute Gasteiger partial charge is 0.371 e. The van der Waals surface area contributed by atoms with Crippen LogP contribution in [0.4, 0.5) is 0 Å². The van der Waals surface area contributed by atoms with Gasteiger partial charge in [-0.3, -0.25) is 4.90 Å². The van der Waals surface area contributed by atoms with E-state index in [0.29, 0.717) is 6.04 Å². The number of rotatable bonds is 4. The molecule has 0 N–H and O–H groups in total. The van der Waals surface area contributed by atoms with Crippen LogP contribution in [-0.4, -0.2) is 30.6 Å². The molecular formula is C19H24ClNO. The fraction of sp³-hybridized carbons (Fsp3) is 0.368. The Balaban J connectivity index is 0.00000176. The van der Waals surface area contributed by atoms with E-state index in [2.05, 4.69) is 72.5 Å². The van der Waals surface area contributed by atoms with E-state index in [-0.39, 0.29) is 18.5 Å². The highest BCUT2D eigenvalue weighted by atomic mass is 35.5. The van der Waals surface area contributed by atoms with Gasteiger partial charge >= 0.3 is 0 Å². The molecule has 1 fully saturated rings. The molecule has 2 aromatic carbocycles.